The fourth-order valence-corrected chi connectivity index (χ4v) is 5.54. The SMILES string of the molecule is Cc1nn(C2C3CC4CC(C3)CC2C4)cc1CCCN. The zero-order valence-corrected chi connectivity index (χ0v) is 12.6. The van der Waals surface area contributed by atoms with E-state index in [1.807, 2.05) is 0 Å². The van der Waals surface area contributed by atoms with Crippen molar-refractivity contribution in [3.05, 3.63) is 17.5 Å². The lowest BCUT2D eigenvalue weighted by atomic mass is 9.54. The fraction of sp³-hybridized carbons (Fsp3) is 0.824. The van der Waals surface area contributed by atoms with Crippen molar-refractivity contribution in [3.8, 4) is 0 Å². The summed E-state index contributed by atoms with van der Waals surface area (Å²) in [5.41, 5.74) is 8.29. The minimum Gasteiger partial charge on any atom is -0.330 e. The summed E-state index contributed by atoms with van der Waals surface area (Å²) in [6, 6.07) is 0.702. The number of aryl methyl sites for hydroxylation is 2. The lowest BCUT2D eigenvalue weighted by molar-refractivity contribution is -0.0337. The highest BCUT2D eigenvalue weighted by molar-refractivity contribution is 5.17. The van der Waals surface area contributed by atoms with Gasteiger partial charge in [0.15, 0.2) is 0 Å². The highest BCUT2D eigenvalue weighted by Crippen LogP contribution is 2.58. The summed E-state index contributed by atoms with van der Waals surface area (Å²) >= 11 is 0. The van der Waals surface area contributed by atoms with E-state index < -0.39 is 0 Å². The van der Waals surface area contributed by atoms with Crippen LogP contribution in [0.4, 0.5) is 0 Å². The van der Waals surface area contributed by atoms with Crippen LogP contribution < -0.4 is 5.73 Å². The van der Waals surface area contributed by atoms with Crippen LogP contribution in [0, 0.1) is 30.6 Å². The Morgan fingerprint density at radius 2 is 1.80 bits per heavy atom. The molecule has 0 spiro atoms. The first-order valence-electron chi connectivity index (χ1n) is 8.49. The summed E-state index contributed by atoms with van der Waals surface area (Å²) in [4.78, 5) is 0. The molecule has 110 valence electrons. The maximum atomic E-state index is 5.64. The normalized spacial score (nSPS) is 38.6. The van der Waals surface area contributed by atoms with Gasteiger partial charge in [-0.3, -0.25) is 4.68 Å². The molecule has 0 unspecified atom stereocenters. The van der Waals surface area contributed by atoms with E-state index in [1.165, 1.54) is 43.4 Å². The Balaban J connectivity index is 1.58. The molecule has 1 aromatic heterocycles. The van der Waals surface area contributed by atoms with Crippen molar-refractivity contribution in [1.29, 1.82) is 0 Å². The predicted molar refractivity (Wildman–Crippen MR) is 80.4 cm³/mol. The molecule has 2 N–H and O–H groups in total. The first-order valence-corrected chi connectivity index (χ1v) is 8.49. The van der Waals surface area contributed by atoms with Gasteiger partial charge in [-0.2, -0.15) is 5.10 Å². The minimum absolute atomic E-state index is 0.702. The smallest absolute Gasteiger partial charge is 0.0625 e. The Bertz CT molecular complexity index is 462. The Morgan fingerprint density at radius 3 is 2.40 bits per heavy atom. The molecule has 3 nitrogen and oxygen atoms in total. The van der Waals surface area contributed by atoms with Gasteiger partial charge in [0.25, 0.3) is 0 Å². The van der Waals surface area contributed by atoms with Gasteiger partial charge in [-0.1, -0.05) is 0 Å². The van der Waals surface area contributed by atoms with Gasteiger partial charge < -0.3 is 5.73 Å². The molecular weight excluding hydrogens is 246 g/mol. The monoisotopic (exact) mass is 273 g/mol. The molecule has 4 fully saturated rings. The molecule has 0 amide bonds. The van der Waals surface area contributed by atoms with E-state index in [1.54, 1.807) is 0 Å². The highest BCUT2D eigenvalue weighted by Gasteiger charge is 2.49. The average Bonchev–Trinajstić information content (AvgIpc) is 2.76. The second kappa shape index (κ2) is 4.87. The van der Waals surface area contributed by atoms with Crippen LogP contribution in [0.5, 0.6) is 0 Å². The van der Waals surface area contributed by atoms with Crippen LogP contribution in [0.25, 0.3) is 0 Å². The molecule has 0 atom stereocenters. The van der Waals surface area contributed by atoms with Gasteiger partial charge >= 0.3 is 0 Å². The largest absolute Gasteiger partial charge is 0.330 e. The van der Waals surface area contributed by atoms with Gasteiger partial charge in [-0.25, -0.2) is 0 Å². The van der Waals surface area contributed by atoms with Crippen molar-refractivity contribution in [1.82, 2.24) is 9.78 Å². The molecule has 3 heteroatoms. The van der Waals surface area contributed by atoms with Crippen molar-refractivity contribution in [2.75, 3.05) is 6.54 Å². The molecule has 4 bridgehead atoms. The van der Waals surface area contributed by atoms with E-state index in [9.17, 15) is 0 Å². The summed E-state index contributed by atoms with van der Waals surface area (Å²) in [7, 11) is 0. The van der Waals surface area contributed by atoms with Gasteiger partial charge in [0.05, 0.1) is 11.7 Å². The molecule has 0 radical (unpaired) electrons. The summed E-state index contributed by atoms with van der Waals surface area (Å²) in [6.07, 6.45) is 11.9. The van der Waals surface area contributed by atoms with Gasteiger partial charge in [-0.15, -0.1) is 0 Å². The highest BCUT2D eigenvalue weighted by atomic mass is 15.3. The van der Waals surface area contributed by atoms with E-state index in [0.717, 1.165) is 43.1 Å². The Kier molecular flexibility index (Phi) is 3.13. The third-order valence-electron chi connectivity index (χ3n) is 6.15. The predicted octanol–water partition coefficient (Wildman–Crippen LogP) is 3.08. The van der Waals surface area contributed by atoms with Crippen molar-refractivity contribution in [3.63, 3.8) is 0 Å². The molecule has 4 saturated carbocycles. The van der Waals surface area contributed by atoms with Crippen LogP contribution in [0.2, 0.25) is 0 Å². The molecule has 4 aliphatic rings. The average molecular weight is 273 g/mol. The molecule has 1 aromatic rings. The molecular formula is C17H27N3. The summed E-state index contributed by atoms with van der Waals surface area (Å²) in [5, 5.41) is 4.89. The van der Waals surface area contributed by atoms with Crippen LogP contribution in [0.3, 0.4) is 0 Å². The number of aromatic nitrogens is 2. The topological polar surface area (TPSA) is 43.8 Å². The van der Waals surface area contributed by atoms with E-state index in [2.05, 4.69) is 17.8 Å². The van der Waals surface area contributed by atoms with Crippen molar-refractivity contribution in [2.24, 2.45) is 29.4 Å². The number of nitrogens with two attached hydrogens (primary N) is 1. The molecule has 4 aliphatic carbocycles. The van der Waals surface area contributed by atoms with Crippen LogP contribution >= 0.6 is 0 Å². The number of hydrogen-bond acceptors (Lipinski definition) is 2. The molecule has 0 saturated heterocycles. The number of hydrogen-bond donors (Lipinski definition) is 1. The first-order chi connectivity index (χ1) is 9.74. The van der Waals surface area contributed by atoms with Gasteiger partial charge in [0.2, 0.25) is 0 Å². The van der Waals surface area contributed by atoms with Gasteiger partial charge in [-0.05, 0) is 87.6 Å². The summed E-state index contributed by atoms with van der Waals surface area (Å²) in [6.45, 7) is 2.95. The van der Waals surface area contributed by atoms with Crippen LogP contribution in [0.15, 0.2) is 6.20 Å². The van der Waals surface area contributed by atoms with E-state index >= 15 is 0 Å². The minimum atomic E-state index is 0.702. The third kappa shape index (κ3) is 2.02. The van der Waals surface area contributed by atoms with E-state index in [0.29, 0.717) is 6.04 Å². The molecule has 0 aromatic carbocycles. The van der Waals surface area contributed by atoms with Gasteiger partial charge in [0.1, 0.15) is 0 Å². The standard InChI is InChI=1S/C17H27N3/c1-11-14(3-2-4-18)10-20(19-11)17-15-6-12-5-13(8-15)9-16(17)7-12/h10,12-13,15-17H,2-9,18H2,1H3. The number of nitrogens with zero attached hydrogens (tertiary/aromatic N) is 2. The van der Waals surface area contributed by atoms with Crippen molar-refractivity contribution in [2.45, 2.75) is 57.9 Å². The zero-order valence-electron chi connectivity index (χ0n) is 12.6. The van der Waals surface area contributed by atoms with E-state index in [-0.39, 0.29) is 0 Å². The second-order valence-electron chi connectivity index (χ2n) is 7.53. The lowest BCUT2D eigenvalue weighted by Crippen LogP contribution is -2.46. The van der Waals surface area contributed by atoms with Crippen LogP contribution in [-0.2, 0) is 6.42 Å². The molecule has 5 rings (SSSR count). The van der Waals surface area contributed by atoms with Crippen molar-refractivity contribution < 1.29 is 0 Å². The quantitative estimate of drug-likeness (QED) is 0.916. The maximum absolute atomic E-state index is 5.64. The number of rotatable bonds is 4. The zero-order chi connectivity index (χ0) is 13.7. The Hall–Kier alpha value is -0.830. The van der Waals surface area contributed by atoms with E-state index in [4.69, 9.17) is 10.8 Å². The van der Waals surface area contributed by atoms with Crippen LogP contribution in [-0.4, -0.2) is 16.3 Å². The lowest BCUT2D eigenvalue weighted by Gasteiger charge is -2.54. The third-order valence-corrected chi connectivity index (χ3v) is 6.15. The van der Waals surface area contributed by atoms with Crippen molar-refractivity contribution >= 4 is 0 Å². The van der Waals surface area contributed by atoms with Crippen LogP contribution in [0.1, 0.15) is 55.8 Å². The fourth-order valence-electron chi connectivity index (χ4n) is 5.54. The summed E-state index contributed by atoms with van der Waals surface area (Å²) < 4.78 is 2.36. The Morgan fingerprint density at radius 1 is 1.15 bits per heavy atom. The maximum Gasteiger partial charge on any atom is 0.0625 e. The second-order valence-corrected chi connectivity index (χ2v) is 7.53. The molecule has 20 heavy (non-hydrogen) atoms. The molecule has 0 aliphatic heterocycles. The molecule has 1 heterocycles. The first kappa shape index (κ1) is 12.9. The summed E-state index contributed by atoms with van der Waals surface area (Å²) in [5.74, 6) is 3.91. The van der Waals surface area contributed by atoms with Gasteiger partial charge in [0, 0.05) is 6.20 Å². The Labute approximate surface area is 121 Å².